The van der Waals surface area contributed by atoms with Crippen LogP contribution in [0.5, 0.6) is 0 Å². The molecule has 23 rings (SSSR count). The molecule has 0 atom stereocenters. The fourth-order valence-corrected chi connectivity index (χ4v) is 17.0. The Hall–Kier alpha value is -15.2. The molecule has 0 aliphatic rings. The van der Waals surface area contributed by atoms with Crippen molar-refractivity contribution in [1.82, 2.24) is 52.4 Å². The van der Waals surface area contributed by atoms with Gasteiger partial charge in [-0.05, 0) is 194 Å². The van der Waals surface area contributed by atoms with E-state index in [-0.39, 0.29) is 0 Å². The molecule has 7 heterocycles. The largest absolute Gasteiger partial charge is 0.309 e. The molecule has 0 amide bonds. The van der Waals surface area contributed by atoms with Gasteiger partial charge in [0, 0.05) is 105 Å². The molecule has 23 aromatic rings. The minimum absolute atomic E-state index is 0.659. The SMILES string of the molecule is c1ccc(-n2nc(-c3ccc(-n4c5ccccc5c5ccccc54)cc3)nc2-c2ccc(-n3c4ccccc4c4ccccc43)cc2)cc1.c1ccc2c(c1)c1ccccc1n2-c1ccc(-c2nc(-c3ccc(-n4c5ccccc5c5ccccc54)cc3)n(-c3ccc(-n4c5ccccc5c5ccccc54)cc3)n2)cc1. The average molecular weight is 1420 g/mol. The second-order valence-electron chi connectivity index (χ2n) is 28.2. The van der Waals surface area contributed by atoms with Gasteiger partial charge in [-0.1, -0.05) is 200 Å². The molecule has 0 aliphatic heterocycles. The van der Waals surface area contributed by atoms with Crippen LogP contribution in [0, 0.1) is 0 Å². The highest BCUT2D eigenvalue weighted by Gasteiger charge is 2.23. The Kier molecular flexibility index (Phi) is 14.7. The zero-order valence-corrected chi connectivity index (χ0v) is 59.9. The molecule has 0 fully saturated rings. The lowest BCUT2D eigenvalue weighted by atomic mass is 10.1. The molecule has 11 heteroatoms. The van der Waals surface area contributed by atoms with Crippen molar-refractivity contribution in [2.24, 2.45) is 0 Å². The van der Waals surface area contributed by atoms with E-state index < -0.39 is 0 Å². The minimum atomic E-state index is 0.659. The van der Waals surface area contributed by atoms with Gasteiger partial charge in [0.2, 0.25) is 0 Å². The first-order valence-corrected chi connectivity index (χ1v) is 37.5. The summed E-state index contributed by atoms with van der Waals surface area (Å²) in [6, 6.07) is 140. The molecule has 0 saturated carbocycles. The first-order valence-electron chi connectivity index (χ1n) is 37.5. The van der Waals surface area contributed by atoms with Crippen molar-refractivity contribution in [3.63, 3.8) is 0 Å². The molecule has 0 aliphatic carbocycles. The van der Waals surface area contributed by atoms with E-state index >= 15 is 0 Å². The molecule has 0 spiro atoms. The Bertz CT molecular complexity index is 7090. The van der Waals surface area contributed by atoms with Gasteiger partial charge in [0.05, 0.1) is 66.5 Å². The molecule has 520 valence electrons. The van der Waals surface area contributed by atoms with Crippen LogP contribution in [0.15, 0.2) is 394 Å². The van der Waals surface area contributed by atoms with Crippen molar-refractivity contribution in [3.05, 3.63) is 394 Å². The summed E-state index contributed by atoms with van der Waals surface area (Å²) < 4.78 is 15.6. The van der Waals surface area contributed by atoms with Crippen LogP contribution in [-0.4, -0.2) is 52.4 Å². The maximum absolute atomic E-state index is 5.30. The lowest BCUT2D eigenvalue weighted by molar-refractivity contribution is 0.889. The zero-order valence-electron chi connectivity index (χ0n) is 59.9. The number of benzene rings is 16. The summed E-state index contributed by atoms with van der Waals surface area (Å²) in [6.45, 7) is 0. The summed E-state index contributed by atoms with van der Waals surface area (Å²) >= 11 is 0. The number of aromatic nitrogens is 11. The summed E-state index contributed by atoms with van der Waals surface area (Å²) in [6.07, 6.45) is 0. The van der Waals surface area contributed by atoms with Crippen molar-refractivity contribution >= 4 is 109 Å². The van der Waals surface area contributed by atoms with E-state index in [1.165, 1.54) is 109 Å². The first-order chi connectivity index (χ1) is 55.1. The minimum Gasteiger partial charge on any atom is -0.309 e. The molecule has 0 saturated heterocycles. The standard InChI is InChI=1S/C56H36N6.C44H29N5/c1-7-19-49-43(13-1)44-14-2-8-20-50(44)59(49)39-29-25-37(26-30-39)55-57-56(38-27-31-40(32-28-38)60-51-21-9-3-15-45(51)46-16-4-10-22-52(46)60)62(58-55)42-35-33-41(34-36-42)61-53-23-11-5-17-47(53)48-18-6-12-24-54(48)61;1-2-12-34(13-3-1)49-44(31-24-28-33(29-25-31)48-41-20-10-6-16-37(41)38-17-7-11-21-42(38)48)45-43(46-49)30-22-26-32(27-23-30)47-39-18-8-4-14-35(39)36-15-5-9-19-40(36)47/h1-36H;1-29H. The lowest BCUT2D eigenvalue weighted by Crippen LogP contribution is -2.01. The smallest absolute Gasteiger partial charge is 0.182 e. The summed E-state index contributed by atoms with van der Waals surface area (Å²) in [5.74, 6) is 2.90. The second-order valence-corrected chi connectivity index (χ2v) is 28.2. The fourth-order valence-electron chi connectivity index (χ4n) is 17.0. The van der Waals surface area contributed by atoms with Crippen LogP contribution >= 0.6 is 0 Å². The van der Waals surface area contributed by atoms with Crippen molar-refractivity contribution in [2.75, 3.05) is 0 Å². The number of hydrogen-bond donors (Lipinski definition) is 0. The van der Waals surface area contributed by atoms with Gasteiger partial charge in [-0.15, -0.1) is 10.2 Å². The molecule has 7 aromatic heterocycles. The van der Waals surface area contributed by atoms with E-state index in [9.17, 15) is 0 Å². The monoisotopic (exact) mass is 1420 g/mol. The van der Waals surface area contributed by atoms with E-state index in [1.807, 2.05) is 27.6 Å². The molecule has 16 aromatic carbocycles. The predicted molar refractivity (Wildman–Crippen MR) is 456 cm³/mol. The van der Waals surface area contributed by atoms with E-state index in [2.05, 4.69) is 399 Å². The van der Waals surface area contributed by atoms with E-state index in [4.69, 9.17) is 20.2 Å². The number of hydrogen-bond acceptors (Lipinski definition) is 4. The third-order valence-corrected chi connectivity index (χ3v) is 22.0. The van der Waals surface area contributed by atoms with E-state index in [0.29, 0.717) is 11.6 Å². The molecule has 0 N–H and O–H groups in total. The van der Waals surface area contributed by atoms with Crippen LogP contribution < -0.4 is 0 Å². The highest BCUT2D eigenvalue weighted by molar-refractivity contribution is 6.13. The fraction of sp³-hybridized carbons (Fsp3) is 0. The van der Waals surface area contributed by atoms with Crippen molar-refractivity contribution in [1.29, 1.82) is 0 Å². The number of rotatable bonds is 11. The zero-order chi connectivity index (χ0) is 73.0. The second kappa shape index (κ2) is 25.8. The highest BCUT2D eigenvalue weighted by atomic mass is 15.4. The maximum atomic E-state index is 5.30. The summed E-state index contributed by atoms with van der Waals surface area (Å²) in [5, 5.41) is 22.8. The van der Waals surface area contributed by atoms with Gasteiger partial charge >= 0.3 is 0 Å². The van der Waals surface area contributed by atoms with Gasteiger partial charge in [0.1, 0.15) is 0 Å². The third-order valence-electron chi connectivity index (χ3n) is 22.0. The highest BCUT2D eigenvalue weighted by Crippen LogP contribution is 2.40. The molecule has 0 radical (unpaired) electrons. The Labute approximate surface area is 637 Å². The molecule has 0 bridgehead atoms. The van der Waals surface area contributed by atoms with Gasteiger partial charge in [0.15, 0.2) is 23.3 Å². The Morgan fingerprint density at radius 1 is 0.144 bits per heavy atom. The summed E-state index contributed by atoms with van der Waals surface area (Å²) in [5.41, 5.74) is 23.1. The quantitative estimate of drug-likeness (QED) is 0.129. The van der Waals surface area contributed by atoms with Crippen LogP contribution in [-0.2, 0) is 0 Å². The third kappa shape index (κ3) is 10.4. The normalized spacial score (nSPS) is 11.8. The molecule has 0 unspecified atom stereocenters. The van der Waals surface area contributed by atoms with Crippen LogP contribution in [0.4, 0.5) is 0 Å². The molecular formula is C100H65N11. The molecule has 111 heavy (non-hydrogen) atoms. The van der Waals surface area contributed by atoms with Crippen LogP contribution in [0.3, 0.4) is 0 Å². The predicted octanol–water partition coefficient (Wildman–Crippen LogP) is 24.7. The number of nitrogens with zero attached hydrogens (tertiary/aromatic N) is 11. The Morgan fingerprint density at radius 3 is 0.541 bits per heavy atom. The number of fused-ring (bicyclic) bond motifs is 15. The van der Waals surface area contributed by atoms with E-state index in [0.717, 1.165) is 73.7 Å². The van der Waals surface area contributed by atoms with Crippen LogP contribution in [0.1, 0.15) is 0 Å². The van der Waals surface area contributed by atoms with Gasteiger partial charge < -0.3 is 22.8 Å². The van der Waals surface area contributed by atoms with Crippen LogP contribution in [0.25, 0.3) is 194 Å². The van der Waals surface area contributed by atoms with Gasteiger partial charge in [-0.25, -0.2) is 19.3 Å². The van der Waals surface area contributed by atoms with Crippen molar-refractivity contribution in [2.45, 2.75) is 0 Å². The number of para-hydroxylation sites is 11. The Morgan fingerprint density at radius 2 is 0.315 bits per heavy atom. The topological polar surface area (TPSA) is 86.1 Å². The first kappa shape index (κ1) is 63.1. The molecule has 11 nitrogen and oxygen atoms in total. The van der Waals surface area contributed by atoms with Crippen LogP contribution in [0.2, 0.25) is 0 Å². The van der Waals surface area contributed by atoms with Gasteiger partial charge in [-0.2, -0.15) is 0 Å². The summed E-state index contributed by atoms with van der Waals surface area (Å²) in [7, 11) is 0. The lowest BCUT2D eigenvalue weighted by Gasteiger charge is -2.11. The van der Waals surface area contributed by atoms with Gasteiger partial charge in [0.25, 0.3) is 0 Å². The maximum Gasteiger partial charge on any atom is 0.182 e. The summed E-state index contributed by atoms with van der Waals surface area (Å²) in [4.78, 5) is 10.4. The Balaban J connectivity index is 0.000000140. The van der Waals surface area contributed by atoms with Crippen molar-refractivity contribution < 1.29 is 0 Å². The average Bonchev–Trinajstić information content (AvgIpc) is 1.62. The van der Waals surface area contributed by atoms with Gasteiger partial charge in [-0.3, -0.25) is 0 Å². The van der Waals surface area contributed by atoms with Crippen molar-refractivity contribution in [3.8, 4) is 85.4 Å². The van der Waals surface area contributed by atoms with E-state index in [1.54, 1.807) is 0 Å². The molecular weight excluding hydrogens is 1360 g/mol.